The Morgan fingerprint density at radius 3 is 2.75 bits per heavy atom. The lowest BCUT2D eigenvalue weighted by atomic mass is 9.75. The topological polar surface area (TPSA) is 62.5 Å². The zero-order valence-electron chi connectivity index (χ0n) is 11.6. The molecule has 0 bridgehead atoms. The van der Waals surface area contributed by atoms with Crippen molar-refractivity contribution in [3.05, 3.63) is 35.6 Å². The van der Waals surface area contributed by atoms with Crippen LogP contribution in [0.4, 0.5) is 0 Å². The number of benzene rings is 1. The van der Waals surface area contributed by atoms with Gasteiger partial charge < -0.3 is 14.8 Å². The molecule has 1 fully saturated rings. The van der Waals surface area contributed by atoms with Gasteiger partial charge in [-0.3, -0.25) is 0 Å². The number of fused-ring (bicyclic) bond motifs is 1. The molecule has 4 heteroatoms. The standard InChI is InChI=1S/C16H19NO3/c1-2-16(8-5-9-16)17-10-13-14(15(18)19)11-6-3-4-7-12(11)20-13/h3-4,6-7,17H,2,5,8-10H2,1H3,(H,18,19). The van der Waals surface area contributed by atoms with Crippen LogP contribution in [0.2, 0.25) is 0 Å². The van der Waals surface area contributed by atoms with Crippen molar-refractivity contribution in [2.24, 2.45) is 0 Å². The van der Waals surface area contributed by atoms with E-state index in [2.05, 4.69) is 12.2 Å². The van der Waals surface area contributed by atoms with Gasteiger partial charge in [0.1, 0.15) is 16.9 Å². The fourth-order valence-corrected chi connectivity index (χ4v) is 2.98. The monoisotopic (exact) mass is 273 g/mol. The van der Waals surface area contributed by atoms with E-state index < -0.39 is 5.97 Å². The van der Waals surface area contributed by atoms with Crippen molar-refractivity contribution in [1.82, 2.24) is 5.32 Å². The van der Waals surface area contributed by atoms with Gasteiger partial charge in [0.2, 0.25) is 0 Å². The molecule has 1 aromatic carbocycles. The maximum Gasteiger partial charge on any atom is 0.339 e. The van der Waals surface area contributed by atoms with E-state index in [0.717, 1.165) is 19.3 Å². The highest BCUT2D eigenvalue weighted by Gasteiger charge is 2.35. The first-order valence-corrected chi connectivity index (χ1v) is 7.14. The Morgan fingerprint density at radius 2 is 2.15 bits per heavy atom. The molecular weight excluding hydrogens is 254 g/mol. The number of carboxylic acid groups (broad SMARTS) is 1. The summed E-state index contributed by atoms with van der Waals surface area (Å²) in [5, 5.41) is 13.6. The van der Waals surface area contributed by atoms with Gasteiger partial charge in [0.05, 0.1) is 6.54 Å². The molecule has 1 aliphatic rings. The van der Waals surface area contributed by atoms with E-state index in [1.165, 1.54) is 6.42 Å². The van der Waals surface area contributed by atoms with Gasteiger partial charge in [-0.1, -0.05) is 25.1 Å². The molecule has 106 valence electrons. The summed E-state index contributed by atoms with van der Waals surface area (Å²) < 4.78 is 5.73. The summed E-state index contributed by atoms with van der Waals surface area (Å²) in [5.74, 6) is -0.399. The largest absolute Gasteiger partial charge is 0.478 e. The van der Waals surface area contributed by atoms with Crippen LogP contribution in [-0.4, -0.2) is 16.6 Å². The normalized spacial score (nSPS) is 17.1. The van der Waals surface area contributed by atoms with Crippen LogP contribution in [0, 0.1) is 0 Å². The Morgan fingerprint density at radius 1 is 1.40 bits per heavy atom. The molecule has 0 saturated heterocycles. The second-order valence-corrected chi connectivity index (χ2v) is 5.54. The third-order valence-corrected chi connectivity index (χ3v) is 4.49. The number of rotatable bonds is 5. The van der Waals surface area contributed by atoms with Crippen LogP contribution < -0.4 is 5.32 Å². The highest BCUT2D eigenvalue weighted by molar-refractivity contribution is 6.03. The number of furan rings is 1. The summed E-state index contributed by atoms with van der Waals surface area (Å²) in [6.07, 6.45) is 4.63. The lowest BCUT2D eigenvalue weighted by Gasteiger charge is -2.42. The second-order valence-electron chi connectivity index (χ2n) is 5.54. The first-order chi connectivity index (χ1) is 9.65. The van der Waals surface area contributed by atoms with E-state index in [0.29, 0.717) is 28.8 Å². The van der Waals surface area contributed by atoms with E-state index in [1.54, 1.807) is 6.07 Å². The molecule has 1 saturated carbocycles. The molecule has 0 atom stereocenters. The van der Waals surface area contributed by atoms with Crippen LogP contribution >= 0.6 is 0 Å². The van der Waals surface area contributed by atoms with E-state index in [9.17, 15) is 9.90 Å². The molecule has 0 aliphatic heterocycles. The molecule has 3 rings (SSSR count). The third-order valence-electron chi connectivity index (χ3n) is 4.49. The van der Waals surface area contributed by atoms with Gasteiger partial charge in [0.15, 0.2) is 0 Å². The van der Waals surface area contributed by atoms with Gasteiger partial charge >= 0.3 is 5.97 Å². The summed E-state index contributed by atoms with van der Waals surface area (Å²) in [6.45, 7) is 2.65. The Balaban J connectivity index is 1.90. The summed E-state index contributed by atoms with van der Waals surface area (Å²) in [4.78, 5) is 11.5. The zero-order valence-corrected chi connectivity index (χ0v) is 11.6. The number of aromatic carboxylic acids is 1. The van der Waals surface area contributed by atoms with Crippen LogP contribution in [-0.2, 0) is 6.54 Å². The van der Waals surface area contributed by atoms with E-state index in [4.69, 9.17) is 4.42 Å². The quantitative estimate of drug-likeness (QED) is 0.874. The minimum atomic E-state index is -0.925. The fraction of sp³-hybridized carbons (Fsp3) is 0.438. The molecule has 0 radical (unpaired) electrons. The van der Waals surface area contributed by atoms with Crippen molar-refractivity contribution in [1.29, 1.82) is 0 Å². The van der Waals surface area contributed by atoms with Crippen LogP contribution in [0.3, 0.4) is 0 Å². The molecule has 20 heavy (non-hydrogen) atoms. The van der Waals surface area contributed by atoms with Crippen LogP contribution in [0.5, 0.6) is 0 Å². The molecule has 4 nitrogen and oxygen atoms in total. The van der Waals surface area contributed by atoms with E-state index >= 15 is 0 Å². The Labute approximate surface area is 117 Å². The summed E-state index contributed by atoms with van der Waals surface area (Å²) in [6, 6.07) is 7.30. The van der Waals surface area contributed by atoms with Crippen LogP contribution in [0.25, 0.3) is 11.0 Å². The van der Waals surface area contributed by atoms with Crippen LogP contribution in [0.15, 0.2) is 28.7 Å². The molecular formula is C16H19NO3. The molecule has 2 aromatic rings. The molecule has 2 N–H and O–H groups in total. The van der Waals surface area contributed by atoms with Crippen molar-refractivity contribution in [3.63, 3.8) is 0 Å². The van der Waals surface area contributed by atoms with E-state index in [1.807, 2.05) is 18.2 Å². The number of carboxylic acids is 1. The lowest BCUT2D eigenvalue weighted by Crippen LogP contribution is -2.49. The predicted molar refractivity (Wildman–Crippen MR) is 76.9 cm³/mol. The van der Waals surface area contributed by atoms with Crippen molar-refractivity contribution in [2.45, 2.75) is 44.7 Å². The van der Waals surface area contributed by atoms with Gasteiger partial charge in [0.25, 0.3) is 0 Å². The first-order valence-electron chi connectivity index (χ1n) is 7.14. The number of para-hydroxylation sites is 1. The van der Waals surface area contributed by atoms with Gasteiger partial charge in [-0.15, -0.1) is 0 Å². The Bertz CT molecular complexity index is 635. The molecule has 1 heterocycles. The average Bonchev–Trinajstić information content (AvgIpc) is 2.76. The van der Waals surface area contributed by atoms with E-state index in [-0.39, 0.29) is 5.54 Å². The van der Waals surface area contributed by atoms with Gasteiger partial charge in [0, 0.05) is 10.9 Å². The average molecular weight is 273 g/mol. The highest BCUT2D eigenvalue weighted by Crippen LogP contribution is 2.35. The fourth-order valence-electron chi connectivity index (χ4n) is 2.98. The molecule has 0 unspecified atom stereocenters. The van der Waals surface area contributed by atoms with Gasteiger partial charge in [-0.2, -0.15) is 0 Å². The number of hydrogen-bond acceptors (Lipinski definition) is 3. The summed E-state index contributed by atoms with van der Waals surface area (Å²) in [7, 11) is 0. The first kappa shape index (κ1) is 13.2. The SMILES string of the molecule is CCC1(NCc2oc3ccccc3c2C(=O)O)CCC1. The van der Waals surface area contributed by atoms with Gasteiger partial charge in [-0.05, 0) is 31.7 Å². The summed E-state index contributed by atoms with van der Waals surface area (Å²) in [5.41, 5.74) is 1.11. The Kier molecular flexibility index (Phi) is 3.26. The Hall–Kier alpha value is -1.81. The van der Waals surface area contributed by atoms with Crippen molar-refractivity contribution in [2.75, 3.05) is 0 Å². The second kappa shape index (κ2) is 4.94. The number of carbonyl (C=O) groups is 1. The molecule has 0 spiro atoms. The minimum absolute atomic E-state index is 0.175. The minimum Gasteiger partial charge on any atom is -0.478 e. The predicted octanol–water partition coefficient (Wildman–Crippen LogP) is 3.55. The maximum atomic E-state index is 11.5. The molecule has 1 aliphatic carbocycles. The van der Waals surface area contributed by atoms with Crippen molar-refractivity contribution in [3.8, 4) is 0 Å². The highest BCUT2D eigenvalue weighted by atomic mass is 16.4. The maximum absolute atomic E-state index is 11.5. The third kappa shape index (κ3) is 2.10. The smallest absolute Gasteiger partial charge is 0.339 e. The van der Waals surface area contributed by atoms with Crippen molar-refractivity contribution >= 4 is 16.9 Å². The zero-order chi connectivity index (χ0) is 14.2. The van der Waals surface area contributed by atoms with Crippen LogP contribution in [0.1, 0.15) is 48.7 Å². The van der Waals surface area contributed by atoms with Crippen molar-refractivity contribution < 1.29 is 14.3 Å². The van der Waals surface area contributed by atoms with Gasteiger partial charge in [-0.25, -0.2) is 4.79 Å². The molecule has 1 aromatic heterocycles. The lowest BCUT2D eigenvalue weighted by molar-refractivity contribution is 0.0695. The number of hydrogen-bond donors (Lipinski definition) is 2. The molecule has 0 amide bonds. The summed E-state index contributed by atoms with van der Waals surface area (Å²) >= 11 is 0. The number of nitrogens with one attached hydrogen (secondary N) is 1.